The summed E-state index contributed by atoms with van der Waals surface area (Å²) < 4.78 is 11.1. The number of aromatic nitrogens is 1. The SMILES string of the molecule is COc1cc(C)ccc1Oc1ccc(NC(=O)c2ccc(Cl)c(Cl)c2)cn1. The molecule has 0 saturated carbocycles. The fraction of sp³-hybridized carbons (Fsp3) is 0.100. The lowest BCUT2D eigenvalue weighted by Crippen LogP contribution is -2.12. The van der Waals surface area contributed by atoms with E-state index in [1.54, 1.807) is 31.4 Å². The minimum Gasteiger partial charge on any atom is -0.493 e. The molecule has 1 aromatic heterocycles. The highest BCUT2D eigenvalue weighted by molar-refractivity contribution is 6.42. The highest BCUT2D eigenvalue weighted by Crippen LogP contribution is 2.31. The average Bonchev–Trinajstić information content (AvgIpc) is 2.66. The number of nitrogens with one attached hydrogen (secondary N) is 1. The minimum absolute atomic E-state index is 0.316. The van der Waals surface area contributed by atoms with E-state index in [9.17, 15) is 4.79 Å². The molecule has 3 aromatic rings. The third-order valence-corrected chi connectivity index (χ3v) is 4.45. The largest absolute Gasteiger partial charge is 0.493 e. The normalized spacial score (nSPS) is 10.4. The van der Waals surface area contributed by atoms with Crippen LogP contribution in [0, 0.1) is 6.92 Å². The van der Waals surface area contributed by atoms with Crippen molar-refractivity contribution in [1.29, 1.82) is 0 Å². The van der Waals surface area contributed by atoms with Crippen molar-refractivity contribution >= 4 is 34.8 Å². The molecule has 1 heterocycles. The zero-order chi connectivity index (χ0) is 19.4. The monoisotopic (exact) mass is 402 g/mol. The van der Waals surface area contributed by atoms with Gasteiger partial charge < -0.3 is 14.8 Å². The van der Waals surface area contributed by atoms with Crippen LogP contribution in [-0.2, 0) is 0 Å². The number of ether oxygens (including phenoxy) is 2. The number of halogens is 2. The lowest BCUT2D eigenvalue weighted by atomic mass is 10.2. The standard InChI is InChI=1S/C20H16Cl2N2O3/c1-12-3-7-17(18(9-12)26-2)27-19-8-5-14(11-23-19)24-20(25)13-4-6-15(21)16(22)10-13/h3-11H,1-2H3,(H,24,25). The van der Waals surface area contributed by atoms with Crippen LogP contribution in [0.15, 0.2) is 54.7 Å². The molecule has 0 atom stereocenters. The van der Waals surface area contributed by atoms with E-state index in [0.29, 0.717) is 38.7 Å². The Labute approximate surface area is 166 Å². The van der Waals surface area contributed by atoms with Crippen LogP contribution >= 0.6 is 23.2 Å². The third-order valence-electron chi connectivity index (χ3n) is 3.71. The van der Waals surface area contributed by atoms with Crippen LogP contribution in [0.5, 0.6) is 17.4 Å². The second kappa shape index (κ2) is 8.29. The van der Waals surface area contributed by atoms with Crippen LogP contribution in [0.1, 0.15) is 15.9 Å². The first-order valence-electron chi connectivity index (χ1n) is 8.01. The van der Waals surface area contributed by atoms with Crippen molar-refractivity contribution in [3.05, 3.63) is 75.9 Å². The lowest BCUT2D eigenvalue weighted by molar-refractivity contribution is 0.102. The predicted octanol–water partition coefficient (Wildman–Crippen LogP) is 5.75. The maximum absolute atomic E-state index is 12.3. The van der Waals surface area contributed by atoms with Gasteiger partial charge in [-0.2, -0.15) is 0 Å². The van der Waals surface area contributed by atoms with Crippen LogP contribution in [-0.4, -0.2) is 18.0 Å². The number of carbonyl (C=O) groups is 1. The van der Waals surface area contributed by atoms with Crippen LogP contribution in [0.3, 0.4) is 0 Å². The van der Waals surface area contributed by atoms with E-state index in [1.807, 2.05) is 25.1 Å². The smallest absolute Gasteiger partial charge is 0.255 e. The van der Waals surface area contributed by atoms with Gasteiger partial charge in [0, 0.05) is 11.6 Å². The highest BCUT2D eigenvalue weighted by Gasteiger charge is 2.10. The van der Waals surface area contributed by atoms with Crippen molar-refractivity contribution in [3.8, 4) is 17.4 Å². The number of carbonyl (C=O) groups excluding carboxylic acids is 1. The molecular weight excluding hydrogens is 387 g/mol. The number of rotatable bonds is 5. The Morgan fingerprint density at radius 3 is 2.48 bits per heavy atom. The van der Waals surface area contributed by atoms with Gasteiger partial charge in [-0.05, 0) is 48.9 Å². The Morgan fingerprint density at radius 1 is 1.00 bits per heavy atom. The Hall–Kier alpha value is -2.76. The van der Waals surface area contributed by atoms with Crippen molar-refractivity contribution < 1.29 is 14.3 Å². The first-order chi connectivity index (χ1) is 13.0. The highest BCUT2D eigenvalue weighted by atomic mass is 35.5. The molecule has 0 saturated heterocycles. The van der Waals surface area contributed by atoms with Gasteiger partial charge in [0.1, 0.15) is 0 Å². The quantitative estimate of drug-likeness (QED) is 0.589. The average molecular weight is 403 g/mol. The molecular formula is C20H16Cl2N2O3. The Kier molecular flexibility index (Phi) is 5.84. The molecule has 0 bridgehead atoms. The van der Waals surface area contributed by atoms with Crippen LogP contribution in [0.25, 0.3) is 0 Å². The maximum Gasteiger partial charge on any atom is 0.255 e. The summed E-state index contributed by atoms with van der Waals surface area (Å²) in [5.74, 6) is 1.24. The van der Waals surface area contributed by atoms with E-state index in [0.717, 1.165) is 5.56 Å². The molecule has 1 amide bonds. The Balaban J connectivity index is 1.70. The van der Waals surface area contributed by atoms with Gasteiger partial charge in [0.2, 0.25) is 5.88 Å². The molecule has 0 aliphatic carbocycles. The summed E-state index contributed by atoms with van der Waals surface area (Å²) in [7, 11) is 1.58. The molecule has 138 valence electrons. The molecule has 0 unspecified atom stereocenters. The zero-order valence-electron chi connectivity index (χ0n) is 14.6. The molecule has 1 N–H and O–H groups in total. The summed E-state index contributed by atoms with van der Waals surface area (Å²) in [4.78, 5) is 16.5. The van der Waals surface area contributed by atoms with Crippen molar-refractivity contribution in [3.63, 3.8) is 0 Å². The number of hydrogen-bond acceptors (Lipinski definition) is 4. The van der Waals surface area contributed by atoms with Gasteiger partial charge in [-0.1, -0.05) is 29.3 Å². The second-order valence-corrected chi connectivity index (χ2v) is 6.54. The molecule has 2 aromatic carbocycles. The summed E-state index contributed by atoms with van der Waals surface area (Å²) in [6, 6.07) is 13.6. The number of benzene rings is 2. The minimum atomic E-state index is -0.316. The van der Waals surface area contributed by atoms with E-state index < -0.39 is 0 Å². The lowest BCUT2D eigenvalue weighted by Gasteiger charge is -2.11. The topological polar surface area (TPSA) is 60.5 Å². The number of pyridine rings is 1. The van der Waals surface area contributed by atoms with E-state index in [2.05, 4.69) is 10.3 Å². The van der Waals surface area contributed by atoms with E-state index in [-0.39, 0.29) is 5.91 Å². The molecule has 7 heteroatoms. The molecule has 0 aliphatic heterocycles. The van der Waals surface area contributed by atoms with Gasteiger partial charge in [-0.3, -0.25) is 4.79 Å². The van der Waals surface area contributed by atoms with Gasteiger partial charge in [-0.25, -0.2) is 4.98 Å². The molecule has 0 aliphatic rings. The summed E-state index contributed by atoms with van der Waals surface area (Å²) in [6.07, 6.45) is 1.51. The van der Waals surface area contributed by atoms with Gasteiger partial charge in [-0.15, -0.1) is 0 Å². The summed E-state index contributed by atoms with van der Waals surface area (Å²) in [6.45, 7) is 1.97. The molecule has 5 nitrogen and oxygen atoms in total. The van der Waals surface area contributed by atoms with Gasteiger partial charge >= 0.3 is 0 Å². The van der Waals surface area contributed by atoms with E-state index in [4.69, 9.17) is 32.7 Å². The fourth-order valence-corrected chi connectivity index (χ4v) is 2.63. The third kappa shape index (κ3) is 4.70. The van der Waals surface area contributed by atoms with Crippen LogP contribution in [0.4, 0.5) is 5.69 Å². The molecule has 0 radical (unpaired) electrons. The van der Waals surface area contributed by atoms with Crippen molar-refractivity contribution in [2.75, 3.05) is 12.4 Å². The maximum atomic E-state index is 12.3. The van der Waals surface area contributed by atoms with Gasteiger partial charge in [0.05, 0.1) is 29.0 Å². The predicted molar refractivity (Wildman–Crippen MR) is 106 cm³/mol. The Morgan fingerprint density at radius 2 is 1.81 bits per heavy atom. The summed E-state index contributed by atoms with van der Waals surface area (Å²) >= 11 is 11.8. The molecule has 0 spiro atoms. The zero-order valence-corrected chi connectivity index (χ0v) is 16.1. The van der Waals surface area contributed by atoms with Crippen molar-refractivity contribution in [1.82, 2.24) is 4.98 Å². The number of methoxy groups -OCH3 is 1. The number of hydrogen-bond donors (Lipinski definition) is 1. The summed E-state index contributed by atoms with van der Waals surface area (Å²) in [5, 5.41) is 3.45. The first-order valence-corrected chi connectivity index (χ1v) is 8.77. The number of nitrogens with zero attached hydrogens (tertiary/aromatic N) is 1. The number of amides is 1. The Bertz CT molecular complexity index is 975. The van der Waals surface area contributed by atoms with Crippen LogP contribution in [0.2, 0.25) is 10.0 Å². The number of aryl methyl sites for hydroxylation is 1. The van der Waals surface area contributed by atoms with Crippen molar-refractivity contribution in [2.45, 2.75) is 6.92 Å². The fourth-order valence-electron chi connectivity index (χ4n) is 2.33. The van der Waals surface area contributed by atoms with Gasteiger partial charge in [0.25, 0.3) is 5.91 Å². The van der Waals surface area contributed by atoms with Crippen LogP contribution < -0.4 is 14.8 Å². The van der Waals surface area contributed by atoms with E-state index in [1.165, 1.54) is 12.3 Å². The second-order valence-electron chi connectivity index (χ2n) is 5.72. The van der Waals surface area contributed by atoms with Crippen molar-refractivity contribution in [2.24, 2.45) is 0 Å². The molecule has 27 heavy (non-hydrogen) atoms. The van der Waals surface area contributed by atoms with E-state index >= 15 is 0 Å². The summed E-state index contributed by atoms with van der Waals surface area (Å²) in [5.41, 5.74) is 1.98. The first kappa shape index (κ1) is 19.0. The number of anilines is 1. The molecule has 0 fully saturated rings. The van der Waals surface area contributed by atoms with Gasteiger partial charge in [0.15, 0.2) is 11.5 Å². The molecule has 3 rings (SSSR count).